The summed E-state index contributed by atoms with van der Waals surface area (Å²) in [5.74, 6) is -0.863. The van der Waals surface area contributed by atoms with Crippen LogP contribution in [-0.4, -0.2) is 29.4 Å². The molecule has 0 bridgehead atoms. The van der Waals surface area contributed by atoms with Gasteiger partial charge in [0.05, 0.1) is 0 Å². The van der Waals surface area contributed by atoms with Crippen molar-refractivity contribution in [1.82, 2.24) is 4.90 Å². The topological polar surface area (TPSA) is 46.6 Å². The van der Waals surface area contributed by atoms with Gasteiger partial charge in [-0.15, -0.1) is 0 Å². The third-order valence-corrected chi connectivity index (χ3v) is 4.40. The monoisotopic (exact) mass is 405 g/mol. The van der Waals surface area contributed by atoms with Crippen LogP contribution in [0.1, 0.15) is 25.0 Å². The van der Waals surface area contributed by atoms with E-state index in [0.29, 0.717) is 22.2 Å². The third kappa shape index (κ3) is 6.74. The van der Waals surface area contributed by atoms with E-state index in [-0.39, 0.29) is 18.6 Å². The van der Waals surface area contributed by atoms with Gasteiger partial charge in [-0.05, 0) is 43.2 Å². The molecule has 2 aromatic rings. The number of benzene rings is 2. The molecule has 0 unspecified atom stereocenters. The van der Waals surface area contributed by atoms with Gasteiger partial charge >= 0.3 is 5.97 Å². The molecule has 0 aliphatic rings. The first-order chi connectivity index (χ1) is 12.9. The molecule has 0 aliphatic heterocycles. The molecule has 6 heteroatoms. The zero-order valence-corrected chi connectivity index (χ0v) is 16.7. The van der Waals surface area contributed by atoms with Crippen molar-refractivity contribution in [2.45, 2.75) is 26.4 Å². The van der Waals surface area contributed by atoms with Crippen LogP contribution in [0.5, 0.6) is 0 Å². The Kier molecular flexibility index (Phi) is 7.89. The summed E-state index contributed by atoms with van der Waals surface area (Å²) in [6.07, 6.45) is 2.76. The summed E-state index contributed by atoms with van der Waals surface area (Å²) in [7, 11) is 0. The molecule has 1 amide bonds. The Hall–Kier alpha value is -2.30. The van der Waals surface area contributed by atoms with Crippen molar-refractivity contribution in [2.75, 3.05) is 6.61 Å². The SMILES string of the molecule is CC(C)N(Cc1ccccc1)C(=O)COC(=O)C=Cc1ccc(Cl)cc1Cl. The number of carbonyl (C=O) groups excluding carboxylic acids is 2. The fraction of sp³-hybridized carbons (Fsp3) is 0.238. The van der Waals surface area contributed by atoms with Crippen molar-refractivity contribution in [1.29, 1.82) is 0 Å². The van der Waals surface area contributed by atoms with Crippen molar-refractivity contribution in [3.8, 4) is 0 Å². The highest BCUT2D eigenvalue weighted by Gasteiger charge is 2.18. The Bertz CT molecular complexity index is 819. The quantitative estimate of drug-likeness (QED) is 0.481. The summed E-state index contributed by atoms with van der Waals surface area (Å²) in [5, 5.41) is 0.939. The minimum absolute atomic E-state index is 0.0141. The highest BCUT2D eigenvalue weighted by Crippen LogP contribution is 2.22. The molecule has 2 rings (SSSR count). The average molecular weight is 406 g/mol. The van der Waals surface area contributed by atoms with Crippen LogP contribution in [0.3, 0.4) is 0 Å². The second-order valence-corrected chi connectivity index (χ2v) is 7.05. The Labute approximate surface area is 169 Å². The van der Waals surface area contributed by atoms with E-state index in [1.54, 1.807) is 23.1 Å². The van der Waals surface area contributed by atoms with E-state index in [1.165, 1.54) is 12.2 Å². The number of esters is 1. The van der Waals surface area contributed by atoms with Gasteiger partial charge in [0, 0.05) is 28.7 Å². The lowest BCUT2D eigenvalue weighted by Crippen LogP contribution is -2.39. The number of hydrogen-bond donors (Lipinski definition) is 0. The van der Waals surface area contributed by atoms with Gasteiger partial charge in [0.25, 0.3) is 5.91 Å². The molecule has 2 aromatic carbocycles. The number of hydrogen-bond acceptors (Lipinski definition) is 3. The predicted octanol–water partition coefficient (Wildman–Crippen LogP) is 4.99. The van der Waals surface area contributed by atoms with Crippen molar-refractivity contribution in [2.24, 2.45) is 0 Å². The van der Waals surface area contributed by atoms with Crippen LogP contribution in [0.15, 0.2) is 54.6 Å². The van der Waals surface area contributed by atoms with Crippen LogP contribution in [0.4, 0.5) is 0 Å². The van der Waals surface area contributed by atoms with Crippen LogP contribution < -0.4 is 0 Å². The van der Waals surface area contributed by atoms with Gasteiger partial charge in [0.15, 0.2) is 6.61 Å². The van der Waals surface area contributed by atoms with Crippen LogP contribution in [-0.2, 0) is 20.9 Å². The maximum absolute atomic E-state index is 12.4. The van der Waals surface area contributed by atoms with Crippen molar-refractivity contribution in [3.05, 3.63) is 75.8 Å². The number of ether oxygens (including phenoxy) is 1. The second kappa shape index (κ2) is 10.1. The predicted molar refractivity (Wildman–Crippen MR) is 109 cm³/mol. The maximum Gasteiger partial charge on any atom is 0.331 e. The molecule has 142 valence electrons. The molecule has 0 aliphatic carbocycles. The fourth-order valence-corrected chi connectivity index (χ4v) is 2.87. The zero-order valence-electron chi connectivity index (χ0n) is 15.2. The molecule has 0 fully saturated rings. The Morgan fingerprint density at radius 2 is 1.81 bits per heavy atom. The number of nitrogens with zero attached hydrogens (tertiary/aromatic N) is 1. The fourth-order valence-electron chi connectivity index (χ4n) is 2.40. The average Bonchev–Trinajstić information content (AvgIpc) is 2.64. The summed E-state index contributed by atoms with van der Waals surface area (Å²) in [4.78, 5) is 26.0. The molecule has 0 spiro atoms. The van der Waals surface area contributed by atoms with Gasteiger partial charge in [-0.1, -0.05) is 59.6 Å². The summed E-state index contributed by atoms with van der Waals surface area (Å²) >= 11 is 11.9. The number of amides is 1. The number of rotatable bonds is 7. The molecule has 0 N–H and O–H groups in total. The lowest BCUT2D eigenvalue weighted by atomic mass is 10.2. The summed E-state index contributed by atoms with van der Waals surface area (Å²) in [6.45, 7) is 3.99. The lowest BCUT2D eigenvalue weighted by molar-refractivity contribution is -0.149. The molecular weight excluding hydrogens is 385 g/mol. The van der Waals surface area contributed by atoms with Gasteiger partial charge < -0.3 is 9.64 Å². The first-order valence-electron chi connectivity index (χ1n) is 8.50. The minimum Gasteiger partial charge on any atom is -0.452 e. The van der Waals surface area contributed by atoms with E-state index in [4.69, 9.17) is 27.9 Å². The Balaban J connectivity index is 1.92. The van der Waals surface area contributed by atoms with Gasteiger partial charge in [-0.3, -0.25) is 4.79 Å². The van der Waals surface area contributed by atoms with E-state index in [1.807, 2.05) is 44.2 Å². The lowest BCUT2D eigenvalue weighted by Gasteiger charge is -2.26. The minimum atomic E-state index is -0.613. The van der Waals surface area contributed by atoms with E-state index in [0.717, 1.165) is 5.56 Å². The molecular formula is C21H21Cl2NO3. The molecule has 27 heavy (non-hydrogen) atoms. The Morgan fingerprint density at radius 3 is 2.44 bits per heavy atom. The molecule has 0 atom stereocenters. The Morgan fingerprint density at radius 1 is 1.11 bits per heavy atom. The first-order valence-corrected chi connectivity index (χ1v) is 9.25. The third-order valence-electron chi connectivity index (χ3n) is 3.84. The largest absolute Gasteiger partial charge is 0.452 e. The summed E-state index contributed by atoms with van der Waals surface area (Å²) in [5.41, 5.74) is 1.65. The molecule has 0 radical (unpaired) electrons. The summed E-state index contributed by atoms with van der Waals surface area (Å²) < 4.78 is 5.07. The van der Waals surface area contributed by atoms with E-state index >= 15 is 0 Å². The van der Waals surface area contributed by atoms with E-state index in [9.17, 15) is 9.59 Å². The summed E-state index contributed by atoms with van der Waals surface area (Å²) in [6, 6.07) is 14.6. The van der Waals surface area contributed by atoms with Crippen LogP contribution in [0, 0.1) is 0 Å². The van der Waals surface area contributed by atoms with Gasteiger partial charge in [0.1, 0.15) is 0 Å². The normalized spacial score (nSPS) is 11.0. The van der Waals surface area contributed by atoms with Crippen LogP contribution >= 0.6 is 23.2 Å². The molecule has 0 heterocycles. The van der Waals surface area contributed by atoms with Crippen molar-refractivity contribution < 1.29 is 14.3 Å². The standard InChI is InChI=1S/C21H21Cl2NO3/c1-15(2)24(13-16-6-4-3-5-7-16)20(25)14-27-21(26)11-9-17-8-10-18(22)12-19(17)23/h3-12,15H,13-14H2,1-2H3. The van der Waals surface area contributed by atoms with E-state index in [2.05, 4.69) is 0 Å². The second-order valence-electron chi connectivity index (χ2n) is 6.21. The van der Waals surface area contributed by atoms with Crippen molar-refractivity contribution >= 4 is 41.2 Å². The molecule has 0 aromatic heterocycles. The highest BCUT2D eigenvalue weighted by molar-refractivity contribution is 6.35. The molecule has 0 saturated carbocycles. The smallest absolute Gasteiger partial charge is 0.331 e. The van der Waals surface area contributed by atoms with Crippen LogP contribution in [0.2, 0.25) is 10.0 Å². The number of halogens is 2. The van der Waals surface area contributed by atoms with Crippen LogP contribution in [0.25, 0.3) is 6.08 Å². The van der Waals surface area contributed by atoms with Gasteiger partial charge in [-0.2, -0.15) is 0 Å². The molecule has 0 saturated heterocycles. The van der Waals surface area contributed by atoms with E-state index < -0.39 is 5.97 Å². The highest BCUT2D eigenvalue weighted by atomic mass is 35.5. The number of carbonyl (C=O) groups is 2. The van der Waals surface area contributed by atoms with Gasteiger partial charge in [0.2, 0.25) is 0 Å². The maximum atomic E-state index is 12.4. The zero-order chi connectivity index (χ0) is 19.8. The van der Waals surface area contributed by atoms with Gasteiger partial charge in [-0.25, -0.2) is 4.79 Å². The first kappa shape index (κ1) is 21.0. The molecule has 4 nitrogen and oxygen atoms in total. The van der Waals surface area contributed by atoms with Crippen molar-refractivity contribution in [3.63, 3.8) is 0 Å².